The zero-order valence-electron chi connectivity index (χ0n) is 13.2. The van der Waals surface area contributed by atoms with Crippen molar-refractivity contribution in [3.8, 4) is 11.5 Å². The molecule has 3 rings (SSSR count). The van der Waals surface area contributed by atoms with Gasteiger partial charge in [-0.05, 0) is 36.2 Å². The van der Waals surface area contributed by atoms with Crippen molar-refractivity contribution in [3.63, 3.8) is 0 Å². The highest BCUT2D eigenvalue weighted by Gasteiger charge is 2.17. The van der Waals surface area contributed by atoms with Crippen molar-refractivity contribution in [3.05, 3.63) is 58.0 Å². The number of aliphatic hydroxyl groups is 1. The zero-order chi connectivity index (χ0) is 17.1. The first kappa shape index (κ1) is 16.1. The van der Waals surface area contributed by atoms with E-state index in [9.17, 15) is 14.7 Å². The summed E-state index contributed by atoms with van der Waals surface area (Å²) in [5.41, 5.74) is 0.410. The third-order valence-electron chi connectivity index (χ3n) is 3.85. The van der Waals surface area contributed by atoms with Gasteiger partial charge in [0.25, 0.3) is 11.5 Å². The highest BCUT2D eigenvalue weighted by atomic mass is 16.7. The molecule has 1 aliphatic rings. The number of amides is 1. The Labute approximate surface area is 138 Å². The average Bonchev–Trinajstić information content (AvgIpc) is 3.04. The molecule has 2 aromatic rings. The van der Waals surface area contributed by atoms with E-state index in [1.807, 2.05) is 0 Å². The van der Waals surface area contributed by atoms with Gasteiger partial charge in [0.1, 0.15) is 5.56 Å². The number of aromatic nitrogens is 1. The van der Waals surface area contributed by atoms with Crippen LogP contribution in [0.25, 0.3) is 0 Å². The quantitative estimate of drug-likeness (QED) is 0.852. The average molecular weight is 330 g/mol. The number of hydrogen-bond acceptors (Lipinski definition) is 5. The number of fused-ring (bicyclic) bond motifs is 1. The van der Waals surface area contributed by atoms with E-state index in [2.05, 4.69) is 5.32 Å². The predicted octanol–water partition coefficient (Wildman–Crippen LogP) is 0.967. The van der Waals surface area contributed by atoms with E-state index in [1.54, 1.807) is 37.5 Å². The fourth-order valence-corrected chi connectivity index (χ4v) is 2.47. The van der Waals surface area contributed by atoms with Crippen LogP contribution >= 0.6 is 0 Å². The lowest BCUT2D eigenvalue weighted by Gasteiger charge is -2.12. The summed E-state index contributed by atoms with van der Waals surface area (Å²) in [6.07, 6.45) is 1.15. The van der Waals surface area contributed by atoms with Crippen LogP contribution in [0.3, 0.4) is 0 Å². The van der Waals surface area contributed by atoms with E-state index in [-0.39, 0.29) is 24.5 Å². The number of hydrogen-bond donors (Lipinski definition) is 2. The minimum absolute atomic E-state index is 0.0811. The maximum atomic E-state index is 12.0. The molecule has 0 aliphatic carbocycles. The van der Waals surface area contributed by atoms with Crippen molar-refractivity contribution in [2.24, 2.45) is 7.05 Å². The smallest absolute Gasteiger partial charge is 0.263 e. The molecule has 0 fully saturated rings. The molecular formula is C17H18N2O5. The second kappa shape index (κ2) is 6.76. The van der Waals surface area contributed by atoms with Crippen LogP contribution in [0.1, 0.15) is 28.4 Å². The van der Waals surface area contributed by atoms with Gasteiger partial charge in [-0.2, -0.15) is 0 Å². The highest BCUT2D eigenvalue weighted by Crippen LogP contribution is 2.34. The van der Waals surface area contributed by atoms with Crippen molar-refractivity contribution in [2.75, 3.05) is 13.3 Å². The molecule has 0 saturated heterocycles. The molecule has 1 amide bonds. The number of nitrogens with one attached hydrogen (secondary N) is 1. The number of carbonyl (C=O) groups excluding carboxylic acids is 1. The van der Waals surface area contributed by atoms with E-state index in [0.717, 1.165) is 0 Å². The van der Waals surface area contributed by atoms with Crippen LogP contribution < -0.4 is 20.3 Å². The van der Waals surface area contributed by atoms with Crippen LogP contribution in [0, 0.1) is 0 Å². The maximum Gasteiger partial charge on any atom is 0.263 e. The van der Waals surface area contributed by atoms with Gasteiger partial charge in [0.2, 0.25) is 6.79 Å². The Kier molecular flexibility index (Phi) is 4.52. The number of aliphatic hydroxyl groups excluding tert-OH is 1. The van der Waals surface area contributed by atoms with Crippen molar-refractivity contribution in [1.82, 2.24) is 9.88 Å². The molecule has 0 spiro atoms. The summed E-state index contributed by atoms with van der Waals surface area (Å²) in [6, 6.07) is 8.34. The van der Waals surface area contributed by atoms with Gasteiger partial charge in [-0.1, -0.05) is 6.07 Å². The predicted molar refractivity (Wildman–Crippen MR) is 86.2 cm³/mol. The van der Waals surface area contributed by atoms with Gasteiger partial charge in [-0.3, -0.25) is 9.59 Å². The Morgan fingerprint density at radius 3 is 2.96 bits per heavy atom. The number of aryl methyl sites for hydroxylation is 1. The second-order valence-electron chi connectivity index (χ2n) is 5.51. The van der Waals surface area contributed by atoms with Gasteiger partial charge >= 0.3 is 0 Å². The van der Waals surface area contributed by atoms with E-state index < -0.39 is 12.0 Å². The van der Waals surface area contributed by atoms with Crippen LogP contribution in [0.2, 0.25) is 0 Å². The first-order valence-electron chi connectivity index (χ1n) is 7.57. The molecule has 24 heavy (non-hydrogen) atoms. The molecule has 0 bridgehead atoms. The molecule has 2 N–H and O–H groups in total. The Morgan fingerprint density at radius 1 is 1.33 bits per heavy atom. The lowest BCUT2D eigenvalue weighted by atomic mass is 10.1. The van der Waals surface area contributed by atoms with Crippen LogP contribution in [0.15, 0.2) is 41.3 Å². The van der Waals surface area contributed by atoms with Gasteiger partial charge in [-0.15, -0.1) is 0 Å². The summed E-state index contributed by atoms with van der Waals surface area (Å²) in [5.74, 6) is 0.802. The zero-order valence-corrected chi connectivity index (χ0v) is 13.2. The second-order valence-corrected chi connectivity index (χ2v) is 5.51. The lowest BCUT2D eigenvalue weighted by Crippen LogP contribution is -2.32. The molecule has 1 aromatic heterocycles. The largest absolute Gasteiger partial charge is 0.454 e. The molecule has 0 saturated carbocycles. The SMILES string of the molecule is Cn1cccc(C(=O)NCC[C@@H](O)c2ccc3c(c2)OCO3)c1=O. The molecule has 7 heteroatoms. The number of benzene rings is 1. The van der Waals surface area contributed by atoms with Gasteiger partial charge < -0.3 is 24.5 Å². The monoisotopic (exact) mass is 330 g/mol. The summed E-state index contributed by atoms with van der Waals surface area (Å²) in [6.45, 7) is 0.420. The molecule has 1 aromatic carbocycles. The molecule has 2 heterocycles. The lowest BCUT2D eigenvalue weighted by molar-refractivity contribution is 0.0940. The highest BCUT2D eigenvalue weighted by molar-refractivity contribution is 5.93. The third kappa shape index (κ3) is 3.26. The molecule has 0 radical (unpaired) electrons. The number of ether oxygens (including phenoxy) is 2. The fourth-order valence-electron chi connectivity index (χ4n) is 2.47. The van der Waals surface area contributed by atoms with Gasteiger partial charge in [-0.25, -0.2) is 0 Å². The number of nitrogens with zero attached hydrogens (tertiary/aromatic N) is 1. The topological polar surface area (TPSA) is 89.8 Å². The van der Waals surface area contributed by atoms with Crippen molar-refractivity contribution in [2.45, 2.75) is 12.5 Å². The van der Waals surface area contributed by atoms with Gasteiger partial charge in [0.05, 0.1) is 6.10 Å². The molecule has 1 aliphatic heterocycles. The van der Waals surface area contributed by atoms with E-state index in [4.69, 9.17) is 9.47 Å². The van der Waals surface area contributed by atoms with E-state index in [0.29, 0.717) is 23.5 Å². The first-order chi connectivity index (χ1) is 11.6. The summed E-state index contributed by atoms with van der Waals surface area (Å²) < 4.78 is 11.8. The Balaban J connectivity index is 1.57. The van der Waals surface area contributed by atoms with Crippen LogP contribution in [0.4, 0.5) is 0 Å². The standard InChI is InChI=1S/C17H18N2O5/c1-19-8-2-3-12(17(19)22)16(21)18-7-6-13(20)11-4-5-14-15(9-11)24-10-23-14/h2-5,8-9,13,20H,6-7,10H2,1H3,(H,18,21)/t13-/m1/s1. The van der Waals surface area contributed by atoms with E-state index >= 15 is 0 Å². The molecule has 126 valence electrons. The Hall–Kier alpha value is -2.80. The summed E-state index contributed by atoms with van der Waals surface area (Å²) in [4.78, 5) is 23.9. The van der Waals surface area contributed by atoms with Crippen molar-refractivity contribution < 1.29 is 19.4 Å². The molecular weight excluding hydrogens is 312 g/mol. The molecule has 7 nitrogen and oxygen atoms in total. The first-order valence-corrected chi connectivity index (χ1v) is 7.57. The Bertz CT molecular complexity index is 815. The summed E-state index contributed by atoms with van der Waals surface area (Å²) in [7, 11) is 1.59. The van der Waals surface area contributed by atoms with Crippen molar-refractivity contribution in [1.29, 1.82) is 0 Å². The normalized spacial score (nSPS) is 13.6. The van der Waals surface area contributed by atoms with Gasteiger partial charge in [0, 0.05) is 19.8 Å². The van der Waals surface area contributed by atoms with Gasteiger partial charge in [0.15, 0.2) is 11.5 Å². The number of rotatable bonds is 5. The minimum atomic E-state index is -0.751. The van der Waals surface area contributed by atoms with Crippen LogP contribution in [0.5, 0.6) is 11.5 Å². The van der Waals surface area contributed by atoms with Crippen LogP contribution in [-0.4, -0.2) is 28.9 Å². The summed E-state index contributed by atoms with van der Waals surface area (Å²) >= 11 is 0. The fraction of sp³-hybridized carbons (Fsp3) is 0.294. The molecule has 0 unspecified atom stereocenters. The summed E-state index contributed by atoms with van der Waals surface area (Å²) in [5, 5.41) is 12.9. The number of carbonyl (C=O) groups is 1. The Morgan fingerprint density at radius 2 is 2.12 bits per heavy atom. The number of pyridine rings is 1. The van der Waals surface area contributed by atoms with E-state index in [1.165, 1.54) is 10.6 Å². The van der Waals surface area contributed by atoms with Crippen LogP contribution in [-0.2, 0) is 7.05 Å². The minimum Gasteiger partial charge on any atom is -0.454 e. The molecule has 1 atom stereocenters. The van der Waals surface area contributed by atoms with Crippen molar-refractivity contribution >= 4 is 5.91 Å². The third-order valence-corrected chi connectivity index (χ3v) is 3.85. The maximum absolute atomic E-state index is 12.0.